The van der Waals surface area contributed by atoms with Gasteiger partial charge < -0.3 is 9.26 Å². The molecule has 1 aliphatic heterocycles. The van der Waals surface area contributed by atoms with Crippen molar-refractivity contribution in [2.45, 2.75) is 25.2 Å². The number of ether oxygens (including phenoxy) is 1. The van der Waals surface area contributed by atoms with Crippen LogP contribution in [-0.4, -0.2) is 23.4 Å². The molecule has 0 bridgehead atoms. The average Bonchev–Trinajstić information content (AvgIpc) is 3.09. The molecule has 0 aliphatic carbocycles. The molecule has 1 unspecified atom stereocenters. The molecule has 0 spiro atoms. The van der Waals surface area contributed by atoms with Crippen LogP contribution < -0.4 is 0 Å². The van der Waals surface area contributed by atoms with E-state index >= 15 is 0 Å². The third kappa shape index (κ3) is 3.14. The van der Waals surface area contributed by atoms with Gasteiger partial charge in [0.25, 0.3) is 0 Å². The summed E-state index contributed by atoms with van der Waals surface area (Å²) >= 11 is 5.85. The van der Waals surface area contributed by atoms with Crippen LogP contribution in [0.5, 0.6) is 0 Å². The van der Waals surface area contributed by atoms with Crippen LogP contribution in [0.15, 0.2) is 28.8 Å². The number of nitrogens with zero attached hydrogens (tertiary/aromatic N) is 2. The van der Waals surface area contributed by atoms with Gasteiger partial charge in [0.15, 0.2) is 5.82 Å². The summed E-state index contributed by atoms with van der Waals surface area (Å²) < 4.78 is 10.6. The number of aromatic nitrogens is 2. The van der Waals surface area contributed by atoms with E-state index in [4.69, 9.17) is 20.9 Å². The first-order valence-electron chi connectivity index (χ1n) is 6.46. The Kier molecular flexibility index (Phi) is 3.80. The summed E-state index contributed by atoms with van der Waals surface area (Å²) in [5.74, 6) is 1.77. The van der Waals surface area contributed by atoms with Crippen molar-refractivity contribution < 1.29 is 9.26 Å². The molecule has 0 saturated carbocycles. The third-order valence-electron chi connectivity index (χ3n) is 3.32. The number of hydrogen-bond donors (Lipinski definition) is 0. The summed E-state index contributed by atoms with van der Waals surface area (Å²) in [4.78, 5) is 4.44. The second-order valence-corrected chi connectivity index (χ2v) is 5.17. The van der Waals surface area contributed by atoms with Crippen molar-refractivity contribution in [3.05, 3.63) is 46.6 Å². The van der Waals surface area contributed by atoms with E-state index < -0.39 is 0 Å². The maximum atomic E-state index is 5.85. The summed E-state index contributed by atoms with van der Waals surface area (Å²) in [5.41, 5.74) is 1.22. The second-order valence-electron chi connectivity index (χ2n) is 4.73. The highest BCUT2D eigenvalue weighted by Crippen LogP contribution is 2.22. The van der Waals surface area contributed by atoms with Crippen LogP contribution in [0.1, 0.15) is 29.6 Å². The summed E-state index contributed by atoms with van der Waals surface area (Å²) in [6, 6.07) is 7.83. The topological polar surface area (TPSA) is 48.2 Å². The fourth-order valence-electron chi connectivity index (χ4n) is 2.18. The molecule has 100 valence electrons. The first-order chi connectivity index (χ1) is 9.31. The van der Waals surface area contributed by atoms with Crippen LogP contribution in [-0.2, 0) is 17.6 Å². The smallest absolute Gasteiger partial charge is 0.226 e. The van der Waals surface area contributed by atoms with Gasteiger partial charge in [0.1, 0.15) is 0 Å². The van der Waals surface area contributed by atoms with Gasteiger partial charge >= 0.3 is 0 Å². The van der Waals surface area contributed by atoms with Gasteiger partial charge in [-0.25, -0.2) is 0 Å². The fraction of sp³-hybridized carbons (Fsp3) is 0.429. The molecule has 5 heteroatoms. The van der Waals surface area contributed by atoms with E-state index in [-0.39, 0.29) is 0 Å². The zero-order valence-electron chi connectivity index (χ0n) is 10.5. The Balaban J connectivity index is 1.59. The second kappa shape index (κ2) is 5.72. The van der Waals surface area contributed by atoms with E-state index in [2.05, 4.69) is 10.1 Å². The summed E-state index contributed by atoms with van der Waals surface area (Å²) in [6.07, 6.45) is 2.61. The van der Waals surface area contributed by atoms with E-state index in [1.165, 1.54) is 5.56 Å². The Morgan fingerprint density at radius 1 is 1.21 bits per heavy atom. The highest BCUT2D eigenvalue weighted by atomic mass is 35.5. The SMILES string of the molecule is Clc1ccc(CCc2nc(C3CCOC3)no2)cc1. The van der Waals surface area contributed by atoms with Crippen LogP contribution in [0.25, 0.3) is 0 Å². The fourth-order valence-corrected chi connectivity index (χ4v) is 2.30. The molecule has 1 aromatic carbocycles. The van der Waals surface area contributed by atoms with E-state index in [9.17, 15) is 0 Å². The Labute approximate surface area is 116 Å². The quantitative estimate of drug-likeness (QED) is 0.862. The molecule has 0 N–H and O–H groups in total. The highest BCUT2D eigenvalue weighted by molar-refractivity contribution is 6.30. The summed E-state index contributed by atoms with van der Waals surface area (Å²) in [7, 11) is 0. The standard InChI is InChI=1S/C14H15ClN2O2/c15-12-4-1-10(2-5-12)3-6-13-16-14(17-19-13)11-7-8-18-9-11/h1-2,4-5,11H,3,6-9H2. The molecule has 1 atom stereocenters. The van der Waals surface area contributed by atoms with Gasteiger partial charge in [-0.15, -0.1) is 0 Å². The zero-order chi connectivity index (χ0) is 13.1. The normalized spacial score (nSPS) is 18.9. The molecule has 1 aliphatic rings. The van der Waals surface area contributed by atoms with Gasteiger partial charge in [-0.1, -0.05) is 28.9 Å². The maximum Gasteiger partial charge on any atom is 0.226 e. The molecule has 1 aromatic heterocycles. The third-order valence-corrected chi connectivity index (χ3v) is 3.57. The number of hydrogen-bond acceptors (Lipinski definition) is 4. The predicted octanol–water partition coefficient (Wildman–Crippen LogP) is 3.01. The van der Waals surface area contributed by atoms with Gasteiger partial charge in [-0.2, -0.15) is 4.98 Å². The van der Waals surface area contributed by atoms with Crippen LogP contribution in [0, 0.1) is 0 Å². The predicted molar refractivity (Wildman–Crippen MR) is 71.3 cm³/mol. The van der Waals surface area contributed by atoms with Crippen LogP contribution in [0.2, 0.25) is 5.02 Å². The minimum atomic E-state index is 0.299. The molecule has 2 aromatic rings. The lowest BCUT2D eigenvalue weighted by atomic mass is 10.1. The first-order valence-corrected chi connectivity index (χ1v) is 6.84. The average molecular weight is 279 g/mol. The van der Waals surface area contributed by atoms with Crippen molar-refractivity contribution >= 4 is 11.6 Å². The molecular formula is C14H15ClN2O2. The van der Waals surface area contributed by atoms with Gasteiger partial charge in [0.2, 0.25) is 5.89 Å². The molecule has 0 radical (unpaired) electrons. The van der Waals surface area contributed by atoms with Gasteiger partial charge in [-0.05, 0) is 30.5 Å². The van der Waals surface area contributed by atoms with Crippen molar-refractivity contribution in [3.8, 4) is 0 Å². The zero-order valence-corrected chi connectivity index (χ0v) is 11.3. The number of benzene rings is 1. The molecule has 2 heterocycles. The molecule has 4 nitrogen and oxygen atoms in total. The van der Waals surface area contributed by atoms with Crippen molar-refractivity contribution in [1.82, 2.24) is 10.1 Å². The highest BCUT2D eigenvalue weighted by Gasteiger charge is 2.22. The monoisotopic (exact) mass is 278 g/mol. The molecule has 3 rings (SSSR count). The first kappa shape index (κ1) is 12.6. The van der Waals surface area contributed by atoms with Crippen LogP contribution >= 0.6 is 11.6 Å². The molecule has 0 amide bonds. The van der Waals surface area contributed by atoms with Crippen LogP contribution in [0.4, 0.5) is 0 Å². The van der Waals surface area contributed by atoms with Crippen molar-refractivity contribution in [2.24, 2.45) is 0 Å². The number of aryl methyl sites for hydroxylation is 2. The number of rotatable bonds is 4. The Morgan fingerprint density at radius 3 is 2.79 bits per heavy atom. The van der Waals surface area contributed by atoms with E-state index in [0.717, 1.165) is 36.7 Å². The minimum absolute atomic E-state index is 0.299. The Morgan fingerprint density at radius 2 is 2.05 bits per heavy atom. The van der Waals surface area contributed by atoms with E-state index in [1.807, 2.05) is 24.3 Å². The lowest BCUT2D eigenvalue weighted by molar-refractivity contribution is 0.192. The molecule has 1 fully saturated rings. The maximum absolute atomic E-state index is 5.85. The van der Waals surface area contributed by atoms with Gasteiger partial charge in [0.05, 0.1) is 6.61 Å². The summed E-state index contributed by atoms with van der Waals surface area (Å²) in [6.45, 7) is 1.50. The van der Waals surface area contributed by atoms with Gasteiger partial charge in [-0.3, -0.25) is 0 Å². The Hall–Kier alpha value is -1.39. The molecular weight excluding hydrogens is 264 g/mol. The van der Waals surface area contributed by atoms with Crippen molar-refractivity contribution in [2.75, 3.05) is 13.2 Å². The Bertz CT molecular complexity index is 533. The van der Waals surface area contributed by atoms with Gasteiger partial charge in [0, 0.05) is 24.0 Å². The minimum Gasteiger partial charge on any atom is -0.381 e. The van der Waals surface area contributed by atoms with E-state index in [1.54, 1.807) is 0 Å². The largest absolute Gasteiger partial charge is 0.381 e. The van der Waals surface area contributed by atoms with E-state index in [0.29, 0.717) is 18.4 Å². The lowest BCUT2D eigenvalue weighted by Crippen LogP contribution is -2.00. The summed E-state index contributed by atoms with van der Waals surface area (Å²) in [5, 5.41) is 4.79. The van der Waals surface area contributed by atoms with Crippen molar-refractivity contribution in [3.63, 3.8) is 0 Å². The van der Waals surface area contributed by atoms with Crippen molar-refractivity contribution in [1.29, 1.82) is 0 Å². The number of halogens is 1. The van der Waals surface area contributed by atoms with Crippen LogP contribution in [0.3, 0.4) is 0 Å². The lowest BCUT2D eigenvalue weighted by Gasteiger charge is -1.99. The molecule has 19 heavy (non-hydrogen) atoms. The molecule has 1 saturated heterocycles.